The van der Waals surface area contributed by atoms with E-state index in [9.17, 15) is 13.2 Å². The molecule has 0 fully saturated rings. The topological polar surface area (TPSA) is 50.7 Å². The van der Waals surface area contributed by atoms with E-state index in [0.717, 1.165) is 5.56 Å². The summed E-state index contributed by atoms with van der Waals surface area (Å²) in [5, 5.41) is 3.30. The summed E-state index contributed by atoms with van der Waals surface area (Å²) in [5.74, 6) is 0.449. The molecule has 0 aliphatic rings. The van der Waals surface area contributed by atoms with Crippen LogP contribution in [0.2, 0.25) is 5.02 Å². The molecular formula is C25H21BClF3N4. The molecule has 4 aromatic rings. The summed E-state index contributed by atoms with van der Waals surface area (Å²) in [4.78, 5) is 13.8. The molecule has 34 heavy (non-hydrogen) atoms. The van der Waals surface area contributed by atoms with Crippen molar-refractivity contribution >= 4 is 41.8 Å². The van der Waals surface area contributed by atoms with Gasteiger partial charge in [0.05, 0.1) is 11.1 Å². The third-order valence-electron chi connectivity index (χ3n) is 5.16. The van der Waals surface area contributed by atoms with E-state index in [0.29, 0.717) is 38.5 Å². The van der Waals surface area contributed by atoms with Gasteiger partial charge in [-0.25, -0.2) is 15.0 Å². The molecule has 0 aliphatic carbocycles. The fourth-order valence-corrected chi connectivity index (χ4v) is 3.68. The second-order valence-corrected chi connectivity index (χ2v) is 9.38. The number of hydrogen-bond donors (Lipinski definition) is 1. The summed E-state index contributed by atoms with van der Waals surface area (Å²) < 4.78 is 39.1. The summed E-state index contributed by atoms with van der Waals surface area (Å²) in [5.41, 5.74) is 3.04. The Morgan fingerprint density at radius 2 is 1.59 bits per heavy atom. The normalized spacial score (nSPS) is 12.2. The van der Waals surface area contributed by atoms with Crippen molar-refractivity contribution in [3.8, 4) is 22.4 Å². The maximum Gasteiger partial charge on any atom is 0.405 e. The van der Waals surface area contributed by atoms with Gasteiger partial charge in [-0.3, -0.25) is 0 Å². The monoisotopic (exact) mass is 480 g/mol. The van der Waals surface area contributed by atoms with Gasteiger partial charge >= 0.3 is 6.18 Å². The van der Waals surface area contributed by atoms with Crippen LogP contribution in [0.1, 0.15) is 26.6 Å². The maximum atomic E-state index is 13.0. The van der Waals surface area contributed by atoms with E-state index in [4.69, 9.17) is 24.4 Å². The zero-order valence-corrected chi connectivity index (χ0v) is 19.6. The fourth-order valence-electron chi connectivity index (χ4n) is 3.45. The number of nitrogens with one attached hydrogen (secondary N) is 1. The zero-order chi connectivity index (χ0) is 24.7. The first-order valence-electron chi connectivity index (χ1n) is 10.6. The molecule has 172 valence electrons. The van der Waals surface area contributed by atoms with Crippen molar-refractivity contribution < 1.29 is 13.2 Å². The largest absolute Gasteiger partial charge is 0.405 e. The number of fused-ring (bicyclic) bond motifs is 1. The van der Waals surface area contributed by atoms with Gasteiger partial charge in [0.15, 0.2) is 5.65 Å². The van der Waals surface area contributed by atoms with Crippen LogP contribution in [0.15, 0.2) is 54.6 Å². The Labute approximate surface area is 202 Å². The lowest BCUT2D eigenvalue weighted by Gasteiger charge is -2.20. The highest BCUT2D eigenvalue weighted by Crippen LogP contribution is 2.38. The average molecular weight is 481 g/mol. The Hall–Kier alpha value is -3.13. The van der Waals surface area contributed by atoms with Crippen LogP contribution in [-0.4, -0.2) is 35.5 Å². The number of nitrogens with zero attached hydrogens (tertiary/aromatic N) is 3. The number of benzene rings is 2. The first-order valence-corrected chi connectivity index (χ1v) is 10.9. The van der Waals surface area contributed by atoms with E-state index in [2.05, 4.69) is 15.3 Å². The number of rotatable bonds is 4. The third-order valence-corrected chi connectivity index (χ3v) is 5.49. The second kappa shape index (κ2) is 8.91. The summed E-state index contributed by atoms with van der Waals surface area (Å²) in [7, 11) is 5.86. The standard InChI is InChI=1S/C25H21BClF3N4/c1-24(2,3)23-33-21(31-13-25(28,29)30)18-12-17(14-8-10-15(26)11-9-14)20(32-22(18)34-23)16-6-4-5-7-19(16)27/h4-12H,13H2,1-3H3,(H,31,32,33,34). The number of pyridine rings is 1. The van der Waals surface area contributed by atoms with Gasteiger partial charge in [0.1, 0.15) is 26.0 Å². The van der Waals surface area contributed by atoms with E-state index >= 15 is 0 Å². The smallest absolute Gasteiger partial charge is 0.361 e. The van der Waals surface area contributed by atoms with Crippen LogP contribution in [-0.2, 0) is 5.41 Å². The van der Waals surface area contributed by atoms with Crippen molar-refractivity contribution in [3.05, 3.63) is 65.4 Å². The Kier molecular flexibility index (Phi) is 6.29. The predicted molar refractivity (Wildman–Crippen MR) is 132 cm³/mol. The molecule has 0 bridgehead atoms. The lowest BCUT2D eigenvalue weighted by Crippen LogP contribution is -2.24. The number of aromatic nitrogens is 3. The lowest BCUT2D eigenvalue weighted by atomic mass is 9.92. The minimum absolute atomic E-state index is 0.0714. The third kappa shape index (κ3) is 5.17. The van der Waals surface area contributed by atoms with Crippen LogP contribution in [0.4, 0.5) is 19.0 Å². The van der Waals surface area contributed by atoms with E-state index in [1.807, 2.05) is 51.1 Å². The van der Waals surface area contributed by atoms with Gasteiger partial charge in [0, 0.05) is 21.6 Å². The lowest BCUT2D eigenvalue weighted by molar-refractivity contribution is -0.115. The summed E-state index contributed by atoms with van der Waals surface area (Å²) in [6, 6.07) is 16.1. The van der Waals surface area contributed by atoms with E-state index < -0.39 is 18.1 Å². The number of alkyl halides is 3. The Morgan fingerprint density at radius 3 is 2.21 bits per heavy atom. The molecule has 9 heteroatoms. The van der Waals surface area contributed by atoms with Crippen molar-refractivity contribution in [3.63, 3.8) is 0 Å². The predicted octanol–water partition coefficient (Wildman–Crippen LogP) is 6.08. The minimum atomic E-state index is -4.41. The molecule has 2 aromatic carbocycles. The number of hydrogen-bond acceptors (Lipinski definition) is 4. The van der Waals surface area contributed by atoms with E-state index in [-0.39, 0.29) is 11.5 Å². The molecule has 0 saturated carbocycles. The van der Waals surface area contributed by atoms with E-state index in [1.165, 1.54) is 0 Å². The average Bonchev–Trinajstić information content (AvgIpc) is 2.76. The minimum Gasteiger partial charge on any atom is -0.361 e. The van der Waals surface area contributed by atoms with Crippen LogP contribution in [0.3, 0.4) is 0 Å². The van der Waals surface area contributed by atoms with Crippen molar-refractivity contribution in [2.24, 2.45) is 0 Å². The summed E-state index contributed by atoms with van der Waals surface area (Å²) in [6.07, 6.45) is -4.41. The SMILES string of the molecule is [B]c1ccc(-c2cc3c(NCC(F)(F)F)nc(C(C)(C)C)nc3nc2-c2ccccc2Cl)cc1. The molecule has 2 radical (unpaired) electrons. The van der Waals surface area contributed by atoms with Gasteiger partial charge in [-0.15, -0.1) is 0 Å². The molecule has 2 heterocycles. The molecule has 0 unspecified atom stereocenters. The maximum absolute atomic E-state index is 13.0. The van der Waals surface area contributed by atoms with Crippen LogP contribution >= 0.6 is 11.6 Å². The quantitative estimate of drug-likeness (QED) is 0.360. The summed E-state index contributed by atoms with van der Waals surface area (Å²) in [6.45, 7) is 4.43. The Balaban J connectivity index is 2.04. The Morgan fingerprint density at radius 1 is 0.912 bits per heavy atom. The first kappa shape index (κ1) is 24.0. The second-order valence-electron chi connectivity index (χ2n) is 8.97. The van der Waals surface area contributed by atoms with Crippen molar-refractivity contribution in [1.82, 2.24) is 15.0 Å². The first-order chi connectivity index (χ1) is 15.9. The molecule has 4 rings (SSSR count). The van der Waals surface area contributed by atoms with Gasteiger partial charge in [-0.1, -0.05) is 80.3 Å². The van der Waals surface area contributed by atoms with Crippen molar-refractivity contribution in [2.45, 2.75) is 32.4 Å². The molecule has 1 N–H and O–H groups in total. The molecule has 0 spiro atoms. The highest BCUT2D eigenvalue weighted by molar-refractivity contribution is 6.33. The van der Waals surface area contributed by atoms with Gasteiger partial charge in [0.25, 0.3) is 0 Å². The van der Waals surface area contributed by atoms with Gasteiger partial charge < -0.3 is 5.32 Å². The zero-order valence-electron chi connectivity index (χ0n) is 18.8. The molecule has 0 saturated heterocycles. The van der Waals surface area contributed by atoms with Crippen LogP contribution in [0.25, 0.3) is 33.4 Å². The highest BCUT2D eigenvalue weighted by atomic mass is 35.5. The van der Waals surface area contributed by atoms with Gasteiger partial charge in [-0.05, 0) is 17.7 Å². The molecule has 4 nitrogen and oxygen atoms in total. The van der Waals surface area contributed by atoms with Crippen molar-refractivity contribution in [1.29, 1.82) is 0 Å². The number of halogens is 4. The molecule has 0 atom stereocenters. The van der Waals surface area contributed by atoms with E-state index in [1.54, 1.807) is 24.3 Å². The number of anilines is 1. The molecular weight excluding hydrogens is 460 g/mol. The fraction of sp³-hybridized carbons (Fsp3) is 0.240. The molecule has 0 aliphatic heterocycles. The highest BCUT2D eigenvalue weighted by Gasteiger charge is 2.29. The van der Waals surface area contributed by atoms with Crippen molar-refractivity contribution in [2.75, 3.05) is 11.9 Å². The van der Waals surface area contributed by atoms with Crippen LogP contribution in [0, 0.1) is 0 Å². The van der Waals surface area contributed by atoms with Crippen LogP contribution < -0.4 is 10.8 Å². The molecule has 2 aromatic heterocycles. The van der Waals surface area contributed by atoms with Gasteiger partial charge in [-0.2, -0.15) is 13.2 Å². The molecule has 0 amide bonds. The summed E-state index contributed by atoms with van der Waals surface area (Å²) >= 11 is 6.50. The Bertz CT molecular complexity index is 1350. The van der Waals surface area contributed by atoms with Crippen LogP contribution in [0.5, 0.6) is 0 Å². The van der Waals surface area contributed by atoms with Gasteiger partial charge in [0.2, 0.25) is 0 Å².